The van der Waals surface area contributed by atoms with Gasteiger partial charge in [0.1, 0.15) is 0 Å². The van der Waals surface area contributed by atoms with Crippen molar-refractivity contribution in [3.05, 3.63) is 0 Å². The molecule has 0 spiro atoms. The van der Waals surface area contributed by atoms with Crippen molar-refractivity contribution >= 4 is 11.6 Å². The number of rotatable bonds is 0. The molecule has 0 radical (unpaired) electrons. The van der Waals surface area contributed by atoms with E-state index in [4.69, 9.17) is 0 Å². The predicted molar refractivity (Wildman–Crippen MR) is 93.9 cm³/mol. The lowest BCUT2D eigenvalue weighted by molar-refractivity contribution is -0.164. The first kappa shape index (κ1) is 16.4. The Kier molecular flexibility index (Phi) is 3.57. The maximum atomic E-state index is 12.3. The lowest BCUT2D eigenvalue weighted by Crippen LogP contribution is -2.62. The third-order valence-corrected chi connectivity index (χ3v) is 8.65. The van der Waals surface area contributed by atoms with E-state index in [0.717, 1.165) is 31.4 Å². The molecule has 1 N–H and O–H groups in total. The molecule has 24 heavy (non-hydrogen) atoms. The van der Waals surface area contributed by atoms with Gasteiger partial charge in [-0.15, -0.1) is 0 Å². The van der Waals surface area contributed by atoms with E-state index in [1.54, 1.807) is 0 Å². The minimum Gasteiger partial charge on any atom is -0.411 e. The van der Waals surface area contributed by atoms with Gasteiger partial charge in [-0.05, 0) is 73.0 Å². The van der Waals surface area contributed by atoms with Crippen molar-refractivity contribution in [2.75, 3.05) is 7.05 Å². The van der Waals surface area contributed by atoms with E-state index >= 15 is 0 Å². The molecule has 3 saturated carbocycles. The molecule has 1 saturated heterocycles. The van der Waals surface area contributed by atoms with Gasteiger partial charge >= 0.3 is 0 Å². The second-order valence-electron chi connectivity index (χ2n) is 9.77. The highest BCUT2D eigenvalue weighted by atomic mass is 16.4. The van der Waals surface area contributed by atoms with Gasteiger partial charge in [0.25, 0.3) is 0 Å². The van der Waals surface area contributed by atoms with Crippen LogP contribution in [-0.4, -0.2) is 34.8 Å². The number of carbonyl (C=O) groups is 1. The summed E-state index contributed by atoms with van der Waals surface area (Å²) < 4.78 is 0. The smallest absolute Gasteiger partial charge is 0.222 e. The summed E-state index contributed by atoms with van der Waals surface area (Å²) in [6.45, 7) is 7.29. The Bertz CT molecular complexity index is 588. The molecule has 0 aromatic rings. The second-order valence-corrected chi connectivity index (χ2v) is 9.77. The average Bonchev–Trinajstić information content (AvgIpc) is 2.90. The molecule has 5 unspecified atom stereocenters. The van der Waals surface area contributed by atoms with Crippen molar-refractivity contribution in [3.63, 3.8) is 0 Å². The third-order valence-electron chi connectivity index (χ3n) is 8.65. The van der Waals surface area contributed by atoms with E-state index in [0.29, 0.717) is 47.5 Å². The largest absolute Gasteiger partial charge is 0.411 e. The highest BCUT2D eigenvalue weighted by molar-refractivity contribution is 5.87. The molecule has 7 atom stereocenters. The van der Waals surface area contributed by atoms with Crippen LogP contribution in [0.25, 0.3) is 0 Å². The standard InChI is InChI=1S/C20H32N2O2/c1-12-9-16-20(3,8-6-17(23)22(16)4)14-5-7-19(2)11-13(21-24)10-15(19)18(12)14/h12,14-16,18,24H,5-11H2,1-4H3/b21-13-/t12?,14?,15?,16?,18?,19-,20-/m1/s1. The zero-order chi connectivity index (χ0) is 17.3. The van der Waals surface area contributed by atoms with Crippen molar-refractivity contribution in [1.82, 2.24) is 4.90 Å². The van der Waals surface area contributed by atoms with Crippen molar-refractivity contribution in [2.45, 2.75) is 71.8 Å². The summed E-state index contributed by atoms with van der Waals surface area (Å²) in [7, 11) is 2.02. The van der Waals surface area contributed by atoms with Crippen LogP contribution in [0.3, 0.4) is 0 Å². The first-order valence-corrected chi connectivity index (χ1v) is 9.75. The zero-order valence-corrected chi connectivity index (χ0v) is 15.6. The van der Waals surface area contributed by atoms with Crippen LogP contribution in [0.2, 0.25) is 0 Å². The molecule has 1 amide bonds. The molecule has 0 aromatic heterocycles. The van der Waals surface area contributed by atoms with Gasteiger partial charge in [-0.3, -0.25) is 4.79 Å². The predicted octanol–water partition coefficient (Wildman–Crippen LogP) is 3.93. The molecule has 0 bridgehead atoms. The minimum absolute atomic E-state index is 0.264. The number of hydrogen-bond acceptors (Lipinski definition) is 3. The van der Waals surface area contributed by atoms with Gasteiger partial charge in [-0.2, -0.15) is 0 Å². The normalized spacial score (nSPS) is 52.8. The summed E-state index contributed by atoms with van der Waals surface area (Å²) in [5.74, 6) is 3.05. The van der Waals surface area contributed by atoms with Gasteiger partial charge in [0.05, 0.1) is 5.71 Å². The summed E-state index contributed by atoms with van der Waals surface area (Å²) in [4.78, 5) is 14.3. The van der Waals surface area contributed by atoms with Crippen LogP contribution < -0.4 is 0 Å². The number of carbonyl (C=O) groups excluding carboxylic acids is 1. The number of fused-ring (bicyclic) bond motifs is 5. The summed E-state index contributed by atoms with van der Waals surface area (Å²) in [5.41, 5.74) is 1.59. The van der Waals surface area contributed by atoms with E-state index in [-0.39, 0.29) is 5.41 Å². The number of nitrogens with zero attached hydrogens (tertiary/aromatic N) is 2. The summed E-state index contributed by atoms with van der Waals surface area (Å²) in [6.07, 6.45) is 7.38. The van der Waals surface area contributed by atoms with Gasteiger partial charge in [-0.1, -0.05) is 25.9 Å². The maximum absolute atomic E-state index is 12.3. The van der Waals surface area contributed by atoms with E-state index in [1.807, 2.05) is 7.05 Å². The molecule has 3 aliphatic carbocycles. The number of oxime groups is 1. The van der Waals surface area contributed by atoms with Crippen LogP contribution >= 0.6 is 0 Å². The SMILES string of the molecule is CC1CC2N(C)C(=O)CC[C@]2(C)C2CC[C@]3(C)C/C(=N\O)CC3C12. The average molecular weight is 332 g/mol. The number of hydrogen-bond donors (Lipinski definition) is 1. The second kappa shape index (κ2) is 5.22. The molecule has 1 aliphatic heterocycles. The summed E-state index contributed by atoms with van der Waals surface area (Å²) in [5, 5.41) is 12.9. The fraction of sp³-hybridized carbons (Fsp3) is 0.900. The van der Waals surface area contributed by atoms with Crippen LogP contribution in [-0.2, 0) is 4.79 Å². The molecule has 4 aliphatic rings. The van der Waals surface area contributed by atoms with Crippen LogP contribution in [0.4, 0.5) is 0 Å². The Hall–Kier alpha value is -1.06. The van der Waals surface area contributed by atoms with Gasteiger partial charge in [-0.25, -0.2) is 0 Å². The molecule has 4 heteroatoms. The van der Waals surface area contributed by atoms with Crippen LogP contribution in [0.5, 0.6) is 0 Å². The van der Waals surface area contributed by atoms with Gasteiger partial charge < -0.3 is 10.1 Å². The van der Waals surface area contributed by atoms with Crippen LogP contribution in [0.1, 0.15) is 65.7 Å². The third kappa shape index (κ3) is 2.04. The molecule has 1 heterocycles. The fourth-order valence-corrected chi connectivity index (χ4v) is 7.35. The van der Waals surface area contributed by atoms with Crippen molar-refractivity contribution in [3.8, 4) is 0 Å². The highest BCUT2D eigenvalue weighted by Crippen LogP contribution is 2.65. The lowest BCUT2D eigenvalue weighted by Gasteiger charge is -2.63. The quantitative estimate of drug-likeness (QED) is 0.540. The van der Waals surface area contributed by atoms with Gasteiger partial charge in [0, 0.05) is 19.5 Å². The summed E-state index contributed by atoms with van der Waals surface area (Å²) >= 11 is 0. The highest BCUT2D eigenvalue weighted by Gasteiger charge is 2.61. The monoisotopic (exact) mass is 332 g/mol. The summed E-state index contributed by atoms with van der Waals surface area (Å²) in [6, 6.07) is 0.409. The maximum Gasteiger partial charge on any atom is 0.222 e. The Morgan fingerprint density at radius 2 is 2.00 bits per heavy atom. The molecule has 134 valence electrons. The fourth-order valence-electron chi connectivity index (χ4n) is 7.35. The van der Waals surface area contributed by atoms with E-state index in [2.05, 4.69) is 30.8 Å². The lowest BCUT2D eigenvalue weighted by atomic mass is 9.45. The van der Waals surface area contributed by atoms with Gasteiger partial charge in [0.15, 0.2) is 0 Å². The van der Waals surface area contributed by atoms with E-state index in [1.165, 1.54) is 12.8 Å². The van der Waals surface area contributed by atoms with Crippen molar-refractivity contribution in [1.29, 1.82) is 0 Å². The van der Waals surface area contributed by atoms with E-state index < -0.39 is 0 Å². The molecule has 4 nitrogen and oxygen atoms in total. The first-order chi connectivity index (χ1) is 11.3. The molecular weight excluding hydrogens is 300 g/mol. The topological polar surface area (TPSA) is 52.9 Å². The van der Waals surface area contributed by atoms with Crippen LogP contribution in [0.15, 0.2) is 5.16 Å². The Labute approximate surface area is 145 Å². The Balaban J connectivity index is 1.70. The van der Waals surface area contributed by atoms with Crippen molar-refractivity contribution < 1.29 is 10.0 Å². The number of likely N-dealkylation sites (tertiary alicyclic amines) is 1. The molecule has 4 fully saturated rings. The zero-order valence-electron chi connectivity index (χ0n) is 15.6. The van der Waals surface area contributed by atoms with Crippen LogP contribution in [0, 0.1) is 34.5 Å². The minimum atomic E-state index is 0.264. The number of amides is 1. The molecule has 4 rings (SSSR count). The Morgan fingerprint density at radius 3 is 2.71 bits per heavy atom. The molecule has 0 aromatic carbocycles. The Morgan fingerprint density at radius 1 is 1.25 bits per heavy atom. The van der Waals surface area contributed by atoms with E-state index in [9.17, 15) is 10.0 Å². The molecular formula is C20H32N2O2. The van der Waals surface area contributed by atoms with Crippen molar-refractivity contribution in [2.24, 2.45) is 39.7 Å². The first-order valence-electron chi connectivity index (χ1n) is 9.75. The number of piperidine rings is 1. The van der Waals surface area contributed by atoms with Gasteiger partial charge in [0.2, 0.25) is 5.91 Å².